The summed E-state index contributed by atoms with van der Waals surface area (Å²) in [6.45, 7) is 0. The molecular formula is C3H3ClOSe. The predicted molar refractivity (Wildman–Crippen MR) is 26.8 cm³/mol. The summed E-state index contributed by atoms with van der Waals surface area (Å²) in [4.78, 5) is 11.1. The number of carbonyl (C=O) groups excluding carboxylic acids is 1. The molecule has 6 heavy (non-hydrogen) atoms. The van der Waals surface area contributed by atoms with Crippen molar-refractivity contribution in [2.75, 3.05) is 0 Å². The molecule has 0 saturated carbocycles. The van der Waals surface area contributed by atoms with Crippen LogP contribution >= 0.6 is 10.1 Å². The molecule has 34 valence electrons. The van der Waals surface area contributed by atoms with Gasteiger partial charge in [-0.25, -0.2) is 0 Å². The summed E-state index contributed by atoms with van der Waals surface area (Å²) in [6.07, 6.45) is 2.11. The van der Waals surface area contributed by atoms with Crippen LogP contribution in [0.15, 0.2) is 11.1 Å². The molecule has 0 aliphatic heterocycles. The number of carbonyl (C=O) groups is 1. The second kappa shape index (κ2) is 5.22. The Hall–Kier alpha value is 0.219. The van der Waals surface area contributed by atoms with Crippen LogP contribution in [-0.2, 0) is 4.79 Å². The fourth-order valence-corrected chi connectivity index (χ4v) is 0.630. The monoisotopic (exact) mass is 170 g/mol. The molecular weight excluding hydrogens is 166 g/mol. The number of halogens is 1. The fourth-order valence-electron chi connectivity index (χ4n) is 0.0618. The molecule has 0 saturated heterocycles. The van der Waals surface area contributed by atoms with E-state index in [0.29, 0.717) is 6.29 Å². The van der Waals surface area contributed by atoms with Crippen LogP contribution in [0, 0.1) is 0 Å². The van der Waals surface area contributed by atoms with Crippen molar-refractivity contribution in [2.24, 2.45) is 0 Å². The van der Waals surface area contributed by atoms with Gasteiger partial charge in [-0.3, -0.25) is 0 Å². The van der Waals surface area contributed by atoms with Crippen molar-refractivity contribution in [3.8, 4) is 0 Å². The van der Waals surface area contributed by atoms with Crippen LogP contribution in [0.4, 0.5) is 0 Å². The number of aldehydes is 1. The van der Waals surface area contributed by atoms with Gasteiger partial charge >= 0.3 is 46.3 Å². The van der Waals surface area contributed by atoms with Crippen molar-refractivity contribution in [1.82, 2.24) is 0 Å². The third kappa shape index (κ3) is 4.22. The van der Waals surface area contributed by atoms with E-state index in [1.165, 1.54) is 6.08 Å². The van der Waals surface area contributed by atoms with E-state index < -0.39 is 0 Å². The Bertz CT molecular complexity index is 61.8. The van der Waals surface area contributed by atoms with E-state index in [2.05, 4.69) is 0 Å². The minimum absolute atomic E-state index is 0.0130. The number of rotatable bonds is 2. The van der Waals surface area contributed by atoms with Crippen LogP contribution in [0.25, 0.3) is 0 Å². The van der Waals surface area contributed by atoms with Gasteiger partial charge in [-0.05, 0) is 0 Å². The molecule has 0 bridgehead atoms. The first-order valence-corrected chi connectivity index (χ1v) is 4.53. The normalized spacial score (nSPS) is 9.50. The van der Waals surface area contributed by atoms with Gasteiger partial charge in [0.1, 0.15) is 0 Å². The quantitative estimate of drug-likeness (QED) is 0.335. The Morgan fingerprint density at radius 3 is 2.50 bits per heavy atom. The van der Waals surface area contributed by atoms with Crippen molar-refractivity contribution in [3.63, 3.8) is 0 Å². The van der Waals surface area contributed by atoms with Crippen molar-refractivity contribution in [1.29, 1.82) is 0 Å². The average Bonchev–Trinajstić information content (AvgIpc) is 1.61. The third-order valence-corrected chi connectivity index (χ3v) is 1.29. The summed E-state index contributed by atoms with van der Waals surface area (Å²) in [6, 6.07) is 0. The van der Waals surface area contributed by atoms with E-state index in [4.69, 9.17) is 10.1 Å². The van der Waals surface area contributed by atoms with Gasteiger partial charge in [-0.2, -0.15) is 0 Å². The molecule has 0 fully saturated rings. The van der Waals surface area contributed by atoms with E-state index >= 15 is 0 Å². The zero-order valence-electron chi connectivity index (χ0n) is 2.93. The molecule has 0 spiro atoms. The summed E-state index contributed by atoms with van der Waals surface area (Å²) in [5, 5.41) is 0. The molecule has 0 aromatic carbocycles. The topological polar surface area (TPSA) is 17.1 Å². The first-order chi connectivity index (χ1) is 2.91. The van der Waals surface area contributed by atoms with Crippen LogP contribution in [-0.4, -0.2) is 20.3 Å². The van der Waals surface area contributed by atoms with Crippen molar-refractivity contribution >= 4 is 30.4 Å². The first-order valence-electron chi connectivity index (χ1n) is 1.29. The van der Waals surface area contributed by atoms with Gasteiger partial charge in [0.2, 0.25) is 0 Å². The summed E-state index contributed by atoms with van der Waals surface area (Å²) < 4.78 is 0. The summed E-state index contributed by atoms with van der Waals surface area (Å²) in [5.41, 5.74) is 0. The van der Waals surface area contributed by atoms with Gasteiger partial charge in [0, 0.05) is 0 Å². The zero-order chi connectivity index (χ0) is 4.83. The van der Waals surface area contributed by atoms with E-state index in [1.54, 1.807) is 4.97 Å². The van der Waals surface area contributed by atoms with E-state index in [9.17, 15) is 4.79 Å². The number of hydrogen-bond acceptors (Lipinski definition) is 1. The van der Waals surface area contributed by atoms with E-state index in [-0.39, 0.29) is 14.0 Å². The second-order valence-corrected chi connectivity index (χ2v) is 2.42. The molecule has 0 unspecified atom stereocenters. The summed E-state index contributed by atoms with van der Waals surface area (Å²) >= 11 is -0.0130. The minimum atomic E-state index is -0.0130. The number of allylic oxidation sites excluding steroid dienone is 1. The molecule has 0 aromatic heterocycles. The van der Waals surface area contributed by atoms with Crippen LogP contribution in [0.1, 0.15) is 0 Å². The molecule has 0 N–H and O–H groups in total. The second-order valence-electron chi connectivity index (χ2n) is 0.554. The predicted octanol–water partition coefficient (Wildman–Crippen LogP) is 0.557. The molecule has 0 aromatic rings. The van der Waals surface area contributed by atoms with Gasteiger partial charge in [-0.15, -0.1) is 0 Å². The Morgan fingerprint density at radius 2 is 2.33 bits per heavy atom. The molecule has 3 heteroatoms. The SMILES string of the molecule is O=C/C=C/[Se]Cl. The van der Waals surface area contributed by atoms with Crippen LogP contribution in [0.5, 0.6) is 0 Å². The Morgan fingerprint density at radius 1 is 1.67 bits per heavy atom. The summed E-state index contributed by atoms with van der Waals surface area (Å²) in [5.74, 6) is 0. The first kappa shape index (κ1) is 6.22. The van der Waals surface area contributed by atoms with Crippen LogP contribution in [0.3, 0.4) is 0 Å². The van der Waals surface area contributed by atoms with Gasteiger partial charge in [0.15, 0.2) is 0 Å². The molecule has 1 nitrogen and oxygen atoms in total. The molecule has 0 atom stereocenters. The zero-order valence-corrected chi connectivity index (χ0v) is 5.40. The molecule has 0 radical (unpaired) electrons. The van der Waals surface area contributed by atoms with E-state index in [1.807, 2.05) is 0 Å². The Balaban J connectivity index is 2.94. The van der Waals surface area contributed by atoms with Crippen LogP contribution in [0.2, 0.25) is 0 Å². The molecule has 0 aliphatic rings. The number of hydrogen-bond donors (Lipinski definition) is 0. The van der Waals surface area contributed by atoms with Gasteiger partial charge in [-0.1, -0.05) is 0 Å². The van der Waals surface area contributed by atoms with Crippen molar-refractivity contribution in [2.45, 2.75) is 0 Å². The molecule has 0 rings (SSSR count). The van der Waals surface area contributed by atoms with Gasteiger partial charge in [0.25, 0.3) is 0 Å². The summed E-state index contributed by atoms with van der Waals surface area (Å²) in [7, 11) is 5.20. The van der Waals surface area contributed by atoms with E-state index in [0.717, 1.165) is 0 Å². The maximum atomic E-state index is 9.43. The standard InChI is InChI=1S/C3H3ClOSe/c4-6-3-1-2-5/h1-3H/b3-1+. The van der Waals surface area contributed by atoms with Crippen molar-refractivity contribution < 1.29 is 4.79 Å². The average molecular weight is 169 g/mol. The van der Waals surface area contributed by atoms with Crippen LogP contribution < -0.4 is 0 Å². The molecule has 0 aliphatic carbocycles. The van der Waals surface area contributed by atoms with Gasteiger partial charge < -0.3 is 0 Å². The fraction of sp³-hybridized carbons (Fsp3) is 0. The van der Waals surface area contributed by atoms with Crippen molar-refractivity contribution in [3.05, 3.63) is 11.1 Å². The third-order valence-electron chi connectivity index (χ3n) is 0.209. The van der Waals surface area contributed by atoms with Gasteiger partial charge in [0.05, 0.1) is 0 Å². The molecule has 0 amide bonds. The Labute approximate surface area is 46.8 Å². The maximum absolute atomic E-state index is 9.43. The Kier molecular flexibility index (Phi) is 5.41. The molecule has 0 heterocycles.